The van der Waals surface area contributed by atoms with E-state index in [1.165, 1.54) is 7.11 Å². The molecular formula is C16H19N3O2. The van der Waals surface area contributed by atoms with Crippen LogP contribution in [0, 0.1) is 27.7 Å². The Labute approximate surface area is 124 Å². The van der Waals surface area contributed by atoms with Gasteiger partial charge in [0.1, 0.15) is 0 Å². The van der Waals surface area contributed by atoms with Crippen molar-refractivity contribution in [2.45, 2.75) is 27.7 Å². The van der Waals surface area contributed by atoms with E-state index in [-0.39, 0.29) is 5.91 Å². The molecule has 0 saturated heterocycles. The number of anilines is 1. The smallest absolute Gasteiger partial charge is 0.316 e. The zero-order valence-corrected chi connectivity index (χ0v) is 12.9. The quantitative estimate of drug-likeness (QED) is 0.941. The number of hydrogen-bond acceptors (Lipinski definition) is 4. The Kier molecular flexibility index (Phi) is 4.21. The molecule has 1 aromatic carbocycles. The number of nitrogens with zero attached hydrogens (tertiary/aromatic N) is 2. The highest BCUT2D eigenvalue weighted by Crippen LogP contribution is 2.21. The fraction of sp³-hybridized carbons (Fsp3) is 0.312. The maximum atomic E-state index is 12.4. The number of benzene rings is 1. The maximum absolute atomic E-state index is 12.4. The molecule has 1 aromatic heterocycles. The second-order valence-electron chi connectivity index (χ2n) is 5.03. The average Bonchev–Trinajstić information content (AvgIpc) is 2.42. The Morgan fingerprint density at radius 2 is 1.71 bits per heavy atom. The monoisotopic (exact) mass is 285 g/mol. The van der Waals surface area contributed by atoms with Gasteiger partial charge in [0.15, 0.2) is 0 Å². The van der Waals surface area contributed by atoms with Gasteiger partial charge in [-0.25, -0.2) is 0 Å². The Morgan fingerprint density at radius 3 is 2.24 bits per heavy atom. The van der Waals surface area contributed by atoms with E-state index >= 15 is 0 Å². The second kappa shape index (κ2) is 5.91. The minimum Gasteiger partial charge on any atom is -0.467 e. The first-order valence-corrected chi connectivity index (χ1v) is 6.70. The van der Waals surface area contributed by atoms with E-state index in [1.54, 1.807) is 0 Å². The minimum absolute atomic E-state index is 0.160. The summed E-state index contributed by atoms with van der Waals surface area (Å²) in [7, 11) is 1.52. The lowest BCUT2D eigenvalue weighted by molar-refractivity contribution is 0.102. The van der Waals surface area contributed by atoms with E-state index < -0.39 is 0 Å². The van der Waals surface area contributed by atoms with Crippen molar-refractivity contribution < 1.29 is 9.53 Å². The molecule has 1 amide bonds. The van der Waals surface area contributed by atoms with Crippen LogP contribution in [0.15, 0.2) is 18.2 Å². The topological polar surface area (TPSA) is 64.1 Å². The molecule has 5 nitrogen and oxygen atoms in total. The van der Waals surface area contributed by atoms with Crippen LogP contribution in [0.1, 0.15) is 32.9 Å². The number of rotatable bonds is 3. The standard InChI is InChI=1S/C16H19N3O2/c1-9-6-7-13(10(2)8-9)15(20)19-14-11(3)17-16(21-5)18-12(14)4/h6-8H,1-5H3,(H,19,20). The Bertz CT molecular complexity index is 673. The van der Waals surface area contributed by atoms with E-state index in [1.807, 2.05) is 45.9 Å². The number of hydrogen-bond donors (Lipinski definition) is 1. The van der Waals surface area contributed by atoms with Crippen molar-refractivity contribution in [3.8, 4) is 6.01 Å². The van der Waals surface area contributed by atoms with Crippen molar-refractivity contribution in [2.75, 3.05) is 12.4 Å². The fourth-order valence-electron chi connectivity index (χ4n) is 2.21. The number of aryl methyl sites for hydroxylation is 4. The van der Waals surface area contributed by atoms with Gasteiger partial charge in [0.2, 0.25) is 0 Å². The molecule has 0 atom stereocenters. The van der Waals surface area contributed by atoms with Gasteiger partial charge in [0, 0.05) is 5.56 Å². The molecule has 1 heterocycles. The van der Waals surface area contributed by atoms with Gasteiger partial charge in [0.05, 0.1) is 24.2 Å². The van der Waals surface area contributed by atoms with Crippen LogP contribution in [-0.4, -0.2) is 23.0 Å². The van der Waals surface area contributed by atoms with Crippen molar-refractivity contribution >= 4 is 11.6 Å². The van der Waals surface area contributed by atoms with Crippen LogP contribution in [-0.2, 0) is 0 Å². The first-order chi connectivity index (χ1) is 9.92. The number of amides is 1. The van der Waals surface area contributed by atoms with Crippen LogP contribution < -0.4 is 10.1 Å². The molecule has 110 valence electrons. The van der Waals surface area contributed by atoms with Crippen molar-refractivity contribution in [1.82, 2.24) is 9.97 Å². The van der Waals surface area contributed by atoms with Gasteiger partial charge in [-0.15, -0.1) is 0 Å². The van der Waals surface area contributed by atoms with Gasteiger partial charge in [-0.3, -0.25) is 4.79 Å². The Hall–Kier alpha value is -2.43. The van der Waals surface area contributed by atoms with Gasteiger partial charge in [-0.2, -0.15) is 9.97 Å². The first kappa shape index (κ1) is 15.0. The third kappa shape index (κ3) is 3.18. The molecule has 2 aromatic rings. The number of aromatic nitrogens is 2. The molecule has 5 heteroatoms. The molecule has 0 aliphatic rings. The van der Waals surface area contributed by atoms with E-state index in [9.17, 15) is 4.79 Å². The molecule has 0 saturated carbocycles. The molecule has 0 unspecified atom stereocenters. The van der Waals surface area contributed by atoms with Crippen LogP contribution in [0.3, 0.4) is 0 Å². The molecule has 21 heavy (non-hydrogen) atoms. The molecule has 0 spiro atoms. The number of carbonyl (C=O) groups excluding carboxylic acids is 1. The van der Waals surface area contributed by atoms with Crippen LogP contribution in [0.5, 0.6) is 6.01 Å². The highest BCUT2D eigenvalue weighted by molar-refractivity contribution is 6.05. The lowest BCUT2D eigenvalue weighted by atomic mass is 10.1. The molecule has 0 aliphatic heterocycles. The predicted octanol–water partition coefficient (Wildman–Crippen LogP) is 2.97. The Balaban J connectivity index is 2.32. The summed E-state index contributed by atoms with van der Waals surface area (Å²) in [5.74, 6) is -0.160. The van der Waals surface area contributed by atoms with Gasteiger partial charge in [-0.1, -0.05) is 17.7 Å². The van der Waals surface area contributed by atoms with Crippen LogP contribution >= 0.6 is 0 Å². The lowest BCUT2D eigenvalue weighted by Gasteiger charge is -2.12. The van der Waals surface area contributed by atoms with Crippen molar-refractivity contribution in [1.29, 1.82) is 0 Å². The summed E-state index contributed by atoms with van der Waals surface area (Å²) in [5, 5.41) is 2.89. The van der Waals surface area contributed by atoms with Gasteiger partial charge < -0.3 is 10.1 Å². The normalized spacial score (nSPS) is 10.3. The SMILES string of the molecule is COc1nc(C)c(NC(=O)c2ccc(C)cc2C)c(C)n1. The number of methoxy groups -OCH3 is 1. The number of carbonyl (C=O) groups is 1. The van der Waals surface area contributed by atoms with Crippen molar-refractivity contribution in [2.24, 2.45) is 0 Å². The summed E-state index contributed by atoms with van der Waals surface area (Å²) in [6.07, 6.45) is 0. The molecule has 0 radical (unpaired) electrons. The van der Waals surface area contributed by atoms with E-state index in [0.29, 0.717) is 28.6 Å². The highest BCUT2D eigenvalue weighted by Gasteiger charge is 2.14. The fourth-order valence-corrected chi connectivity index (χ4v) is 2.21. The van der Waals surface area contributed by atoms with E-state index in [4.69, 9.17) is 4.74 Å². The van der Waals surface area contributed by atoms with E-state index in [2.05, 4.69) is 15.3 Å². The van der Waals surface area contributed by atoms with Crippen molar-refractivity contribution in [3.05, 3.63) is 46.3 Å². The molecule has 0 bridgehead atoms. The predicted molar refractivity (Wildman–Crippen MR) is 81.9 cm³/mol. The zero-order chi connectivity index (χ0) is 15.6. The van der Waals surface area contributed by atoms with Gasteiger partial charge >= 0.3 is 6.01 Å². The van der Waals surface area contributed by atoms with Gasteiger partial charge in [0.25, 0.3) is 5.91 Å². The maximum Gasteiger partial charge on any atom is 0.316 e. The zero-order valence-electron chi connectivity index (χ0n) is 12.9. The van der Waals surface area contributed by atoms with Gasteiger partial charge in [-0.05, 0) is 39.3 Å². The number of ether oxygens (including phenoxy) is 1. The van der Waals surface area contributed by atoms with Crippen LogP contribution in [0.2, 0.25) is 0 Å². The summed E-state index contributed by atoms with van der Waals surface area (Å²) in [4.78, 5) is 20.8. The van der Waals surface area contributed by atoms with E-state index in [0.717, 1.165) is 11.1 Å². The largest absolute Gasteiger partial charge is 0.467 e. The molecule has 2 rings (SSSR count). The third-order valence-electron chi connectivity index (χ3n) is 3.30. The second-order valence-corrected chi connectivity index (χ2v) is 5.03. The summed E-state index contributed by atoms with van der Waals surface area (Å²) in [5.41, 5.74) is 4.70. The molecule has 0 aliphatic carbocycles. The molecule has 0 fully saturated rings. The lowest BCUT2D eigenvalue weighted by Crippen LogP contribution is -2.16. The average molecular weight is 285 g/mol. The van der Waals surface area contributed by atoms with Crippen LogP contribution in [0.4, 0.5) is 5.69 Å². The Morgan fingerprint density at radius 1 is 1.10 bits per heavy atom. The highest BCUT2D eigenvalue weighted by atomic mass is 16.5. The summed E-state index contributed by atoms with van der Waals surface area (Å²) < 4.78 is 5.02. The first-order valence-electron chi connectivity index (χ1n) is 6.70. The molecular weight excluding hydrogens is 266 g/mol. The summed E-state index contributed by atoms with van der Waals surface area (Å²) >= 11 is 0. The minimum atomic E-state index is -0.160. The van der Waals surface area contributed by atoms with Crippen LogP contribution in [0.25, 0.3) is 0 Å². The summed E-state index contributed by atoms with van der Waals surface area (Å²) in [6, 6.07) is 6.04. The third-order valence-corrected chi connectivity index (χ3v) is 3.30. The summed E-state index contributed by atoms with van der Waals surface area (Å²) in [6.45, 7) is 7.55. The van der Waals surface area contributed by atoms with Crippen molar-refractivity contribution in [3.63, 3.8) is 0 Å². The number of nitrogens with one attached hydrogen (secondary N) is 1. The molecule has 1 N–H and O–H groups in total.